The fraction of sp³-hybridized carbons (Fsp3) is 0.260. The van der Waals surface area contributed by atoms with E-state index in [0.717, 1.165) is 24.1 Å². The van der Waals surface area contributed by atoms with Crippen LogP contribution in [0.2, 0.25) is 0 Å². The highest BCUT2D eigenvalue weighted by Crippen LogP contribution is 2.48. The van der Waals surface area contributed by atoms with Crippen molar-refractivity contribution in [3.8, 4) is 11.1 Å². The van der Waals surface area contributed by atoms with Gasteiger partial charge in [-0.3, -0.25) is 4.99 Å². The molecule has 1 atom stereocenters. The van der Waals surface area contributed by atoms with Crippen molar-refractivity contribution in [2.75, 3.05) is 7.05 Å². The summed E-state index contributed by atoms with van der Waals surface area (Å²) in [5, 5.41) is 3.67. The first-order valence-corrected chi connectivity index (χ1v) is 18.7. The summed E-state index contributed by atoms with van der Waals surface area (Å²) in [5.74, 6) is 0. The second-order valence-corrected chi connectivity index (χ2v) is 13.8. The smallest absolute Gasteiger partial charge is 0.0888 e. The van der Waals surface area contributed by atoms with Gasteiger partial charge in [0.25, 0.3) is 0 Å². The Kier molecular flexibility index (Phi) is 14.1. The van der Waals surface area contributed by atoms with E-state index in [1.807, 2.05) is 39.1 Å². The normalized spacial score (nSPS) is 14.9. The van der Waals surface area contributed by atoms with Gasteiger partial charge in [0, 0.05) is 11.0 Å². The summed E-state index contributed by atoms with van der Waals surface area (Å²) in [7, 11) is 2.04. The molecule has 268 valence electrons. The van der Waals surface area contributed by atoms with Crippen molar-refractivity contribution in [3.63, 3.8) is 0 Å². The molecular weight excluding hydrogens is 629 g/mol. The average Bonchev–Trinajstić information content (AvgIpc) is 3.42. The topological polar surface area (TPSA) is 24.4 Å². The van der Waals surface area contributed by atoms with Gasteiger partial charge in [-0.15, -0.1) is 0 Å². The molecular formula is C50H58N2. The third-order valence-electron chi connectivity index (χ3n) is 10.2. The highest BCUT2D eigenvalue weighted by molar-refractivity contribution is 5.80. The van der Waals surface area contributed by atoms with E-state index in [2.05, 4.69) is 186 Å². The number of rotatable bonds is 6. The van der Waals surface area contributed by atoms with E-state index < -0.39 is 5.54 Å². The number of benzene rings is 5. The van der Waals surface area contributed by atoms with E-state index in [9.17, 15) is 0 Å². The van der Waals surface area contributed by atoms with Gasteiger partial charge in [0.2, 0.25) is 0 Å². The molecule has 0 heterocycles. The number of allylic oxidation sites excluding steroid dienone is 3. The summed E-state index contributed by atoms with van der Waals surface area (Å²) in [6.07, 6.45) is 8.71. The molecule has 1 N–H and O–H groups in total. The lowest BCUT2D eigenvalue weighted by molar-refractivity contribution is 0.484. The van der Waals surface area contributed by atoms with Gasteiger partial charge in [-0.2, -0.15) is 0 Å². The predicted molar refractivity (Wildman–Crippen MR) is 228 cm³/mol. The van der Waals surface area contributed by atoms with Gasteiger partial charge < -0.3 is 5.32 Å². The van der Waals surface area contributed by atoms with Gasteiger partial charge in [-0.05, 0) is 105 Å². The molecule has 7 rings (SSSR count). The molecule has 2 nitrogen and oxygen atoms in total. The zero-order valence-corrected chi connectivity index (χ0v) is 32.9. The van der Waals surface area contributed by atoms with Crippen molar-refractivity contribution in [2.45, 2.75) is 79.2 Å². The van der Waals surface area contributed by atoms with E-state index in [0.29, 0.717) is 0 Å². The SMILES string of the molecule is C=N/C(=C(/C)C(NC)(C1=CC=CCC1)c1ccccc1)c1cc(C)ccc1C.CC.CC1(C)c2ccccc2-c2ccccc21.Cc1ccccc1. The lowest BCUT2D eigenvalue weighted by atomic mass is 9.73. The van der Waals surface area contributed by atoms with Crippen LogP contribution in [0.4, 0.5) is 0 Å². The van der Waals surface area contributed by atoms with Crippen LogP contribution in [0.15, 0.2) is 162 Å². The number of likely N-dealkylation sites (N-methyl/N-ethyl adjacent to an activating group) is 1. The Hall–Kier alpha value is -5.05. The van der Waals surface area contributed by atoms with Crippen LogP contribution in [-0.2, 0) is 11.0 Å². The molecule has 0 bridgehead atoms. The molecule has 5 aromatic rings. The van der Waals surface area contributed by atoms with E-state index in [-0.39, 0.29) is 5.41 Å². The Morgan fingerprint density at radius 3 is 1.73 bits per heavy atom. The third-order valence-corrected chi connectivity index (χ3v) is 10.2. The van der Waals surface area contributed by atoms with Crippen LogP contribution in [0.25, 0.3) is 16.8 Å². The molecule has 0 saturated heterocycles. The van der Waals surface area contributed by atoms with Gasteiger partial charge in [-0.25, -0.2) is 0 Å². The van der Waals surface area contributed by atoms with E-state index in [1.54, 1.807) is 0 Å². The fourth-order valence-corrected chi connectivity index (χ4v) is 7.52. The summed E-state index contributed by atoms with van der Waals surface area (Å²) in [5.41, 5.74) is 15.1. The van der Waals surface area contributed by atoms with Crippen LogP contribution in [-0.4, -0.2) is 13.8 Å². The minimum absolute atomic E-state index is 0.160. The highest BCUT2D eigenvalue weighted by atomic mass is 15.0. The van der Waals surface area contributed by atoms with Crippen LogP contribution in [0, 0.1) is 20.8 Å². The Labute approximate surface area is 314 Å². The second kappa shape index (κ2) is 18.4. The third kappa shape index (κ3) is 8.52. The zero-order chi connectivity index (χ0) is 37.7. The molecule has 52 heavy (non-hydrogen) atoms. The molecule has 1 unspecified atom stereocenters. The molecule has 0 saturated carbocycles. The summed E-state index contributed by atoms with van der Waals surface area (Å²) < 4.78 is 0. The summed E-state index contributed by atoms with van der Waals surface area (Å²) >= 11 is 0. The molecule has 0 fully saturated rings. The Morgan fingerprint density at radius 1 is 0.712 bits per heavy atom. The first-order chi connectivity index (χ1) is 25.1. The van der Waals surface area contributed by atoms with Gasteiger partial charge in [0.15, 0.2) is 0 Å². The predicted octanol–water partition coefficient (Wildman–Crippen LogP) is 13.1. The van der Waals surface area contributed by atoms with Crippen LogP contribution in [0.5, 0.6) is 0 Å². The summed E-state index contributed by atoms with van der Waals surface area (Å²) in [6, 6.07) is 44.9. The highest BCUT2D eigenvalue weighted by Gasteiger charge is 2.38. The molecule has 0 amide bonds. The molecule has 0 aliphatic heterocycles. The number of hydrogen-bond donors (Lipinski definition) is 1. The maximum Gasteiger partial charge on any atom is 0.0888 e. The lowest BCUT2D eigenvalue weighted by Gasteiger charge is -2.39. The van der Waals surface area contributed by atoms with Crippen molar-refractivity contribution in [3.05, 3.63) is 196 Å². The summed E-state index contributed by atoms with van der Waals surface area (Å²) in [6.45, 7) is 21.1. The standard InChI is InChI=1S/C26H30N2.C15H14.C7H8.C2H6/c1-19-16-17-20(2)24(18-19)25(27-4)21(3)26(28-5,22-12-8-6-9-13-22)23-14-10-7-11-15-23;1-15(2)13-9-5-3-7-11(13)12-8-4-6-10-14(12)15;1-7-5-3-2-4-6-7;1-2/h6-10,12-14,16-18,28H,4,11,15H2,1-3,5H3;3-10H,1-2H3;2-6H,1H3;1-2H3/b25-21-;;;. The largest absolute Gasteiger partial charge is 0.304 e. The van der Waals surface area contributed by atoms with Gasteiger partial charge in [-0.1, -0.05) is 178 Å². The van der Waals surface area contributed by atoms with Crippen LogP contribution in [0.3, 0.4) is 0 Å². The quantitative estimate of drug-likeness (QED) is 0.177. The van der Waals surface area contributed by atoms with Crippen LogP contribution < -0.4 is 5.32 Å². The minimum atomic E-state index is -0.418. The lowest BCUT2D eigenvalue weighted by Crippen LogP contribution is -2.44. The number of fused-ring (bicyclic) bond motifs is 3. The summed E-state index contributed by atoms with van der Waals surface area (Å²) in [4.78, 5) is 4.54. The average molecular weight is 687 g/mol. The fourth-order valence-electron chi connectivity index (χ4n) is 7.52. The van der Waals surface area contributed by atoms with Crippen molar-refractivity contribution in [1.29, 1.82) is 0 Å². The molecule has 2 aliphatic carbocycles. The molecule has 0 aromatic heterocycles. The molecule has 5 aromatic carbocycles. The van der Waals surface area contributed by atoms with Crippen LogP contribution in [0.1, 0.15) is 86.4 Å². The number of aryl methyl sites for hydroxylation is 3. The molecule has 0 radical (unpaired) electrons. The first-order valence-electron chi connectivity index (χ1n) is 18.7. The van der Waals surface area contributed by atoms with Crippen LogP contribution >= 0.6 is 0 Å². The van der Waals surface area contributed by atoms with E-state index in [4.69, 9.17) is 0 Å². The number of aliphatic imine (C=N–C) groups is 1. The van der Waals surface area contributed by atoms with Crippen molar-refractivity contribution < 1.29 is 0 Å². The van der Waals surface area contributed by atoms with Crippen molar-refractivity contribution in [2.24, 2.45) is 4.99 Å². The van der Waals surface area contributed by atoms with Crippen molar-refractivity contribution >= 4 is 12.4 Å². The molecule has 0 spiro atoms. The monoisotopic (exact) mass is 686 g/mol. The maximum atomic E-state index is 4.54. The number of hydrogen-bond acceptors (Lipinski definition) is 2. The minimum Gasteiger partial charge on any atom is -0.304 e. The number of nitrogens with one attached hydrogen (secondary N) is 1. The maximum absolute atomic E-state index is 4.54. The van der Waals surface area contributed by atoms with E-state index >= 15 is 0 Å². The molecule has 2 aliphatic rings. The van der Waals surface area contributed by atoms with Crippen molar-refractivity contribution in [1.82, 2.24) is 5.32 Å². The van der Waals surface area contributed by atoms with E-state index in [1.165, 1.54) is 55.7 Å². The first kappa shape index (κ1) is 39.7. The molecule has 2 heteroatoms. The van der Waals surface area contributed by atoms with Gasteiger partial charge in [0.1, 0.15) is 0 Å². The van der Waals surface area contributed by atoms with Gasteiger partial charge in [0.05, 0.1) is 11.2 Å². The Morgan fingerprint density at radius 2 is 1.25 bits per heavy atom. The zero-order valence-electron chi connectivity index (χ0n) is 32.9. The Balaban J connectivity index is 0.000000207. The van der Waals surface area contributed by atoms with Gasteiger partial charge >= 0.3 is 0 Å². The Bertz CT molecular complexity index is 1960. The number of nitrogens with zero attached hydrogens (tertiary/aromatic N) is 1. The second-order valence-electron chi connectivity index (χ2n) is 13.8.